The highest BCUT2D eigenvalue weighted by Gasteiger charge is 2.38. The van der Waals surface area contributed by atoms with Crippen LogP contribution >= 0.6 is 15.9 Å². The molecule has 0 bridgehead atoms. The smallest absolute Gasteiger partial charge is 0.311 e. The SMILES string of the molecule is CN1C(=O)c2c(nc(CC(=O)O)n2Cc2cccc(Br)c2)N(C)C1O. The number of hydrogen-bond donors (Lipinski definition) is 2. The van der Waals surface area contributed by atoms with E-state index in [0.717, 1.165) is 10.0 Å². The molecule has 1 aliphatic heterocycles. The summed E-state index contributed by atoms with van der Waals surface area (Å²) in [6, 6.07) is 7.53. The lowest BCUT2D eigenvalue weighted by atomic mass is 10.2. The number of aliphatic hydroxyl groups is 1. The number of aliphatic carboxylic acids is 1. The Kier molecular flexibility index (Phi) is 4.53. The van der Waals surface area contributed by atoms with Gasteiger partial charge in [-0.05, 0) is 17.7 Å². The first-order valence-electron chi connectivity index (χ1n) is 7.53. The minimum absolute atomic E-state index is 0.264. The van der Waals surface area contributed by atoms with Gasteiger partial charge in [0, 0.05) is 25.1 Å². The minimum atomic E-state index is -1.15. The molecule has 1 atom stereocenters. The van der Waals surface area contributed by atoms with Crippen LogP contribution in [0.2, 0.25) is 0 Å². The second kappa shape index (κ2) is 6.49. The number of halogens is 1. The number of aliphatic hydroxyl groups excluding tert-OH is 1. The van der Waals surface area contributed by atoms with Crippen molar-refractivity contribution in [3.63, 3.8) is 0 Å². The van der Waals surface area contributed by atoms with Crippen molar-refractivity contribution in [2.24, 2.45) is 0 Å². The van der Waals surface area contributed by atoms with E-state index in [-0.39, 0.29) is 23.8 Å². The number of aromatic nitrogens is 2. The van der Waals surface area contributed by atoms with Gasteiger partial charge < -0.3 is 19.7 Å². The number of rotatable bonds is 4. The van der Waals surface area contributed by atoms with Gasteiger partial charge in [-0.3, -0.25) is 14.5 Å². The van der Waals surface area contributed by atoms with E-state index in [0.29, 0.717) is 6.54 Å². The highest BCUT2D eigenvalue weighted by molar-refractivity contribution is 9.10. The number of fused-ring (bicyclic) bond motifs is 1. The van der Waals surface area contributed by atoms with Crippen molar-refractivity contribution in [3.8, 4) is 0 Å². The van der Waals surface area contributed by atoms with Crippen LogP contribution in [0.4, 0.5) is 5.82 Å². The average molecular weight is 409 g/mol. The fourth-order valence-electron chi connectivity index (χ4n) is 2.84. The van der Waals surface area contributed by atoms with Crippen LogP contribution in [-0.4, -0.2) is 57.0 Å². The Labute approximate surface area is 152 Å². The number of nitrogens with zero attached hydrogens (tertiary/aromatic N) is 4. The van der Waals surface area contributed by atoms with E-state index in [2.05, 4.69) is 20.9 Å². The lowest BCUT2D eigenvalue weighted by molar-refractivity contribution is -0.136. The molecule has 25 heavy (non-hydrogen) atoms. The molecule has 2 aromatic rings. The van der Waals surface area contributed by atoms with E-state index < -0.39 is 18.2 Å². The van der Waals surface area contributed by atoms with Gasteiger partial charge in [-0.2, -0.15) is 0 Å². The van der Waals surface area contributed by atoms with Gasteiger partial charge in [0.1, 0.15) is 12.2 Å². The zero-order chi connectivity index (χ0) is 18.3. The molecule has 0 aliphatic carbocycles. The molecule has 8 nitrogen and oxygen atoms in total. The van der Waals surface area contributed by atoms with Crippen molar-refractivity contribution in [2.45, 2.75) is 19.3 Å². The standard InChI is InChI=1S/C16H17BrN4O4/c1-19-14-13(15(24)20(2)16(19)25)21(11(18-14)7-12(22)23)8-9-4-3-5-10(17)6-9/h3-6,16,25H,7-8H2,1-2H3,(H,22,23). The number of carbonyl (C=O) groups is 2. The summed E-state index contributed by atoms with van der Waals surface area (Å²) in [5.74, 6) is -0.899. The molecule has 9 heteroatoms. The Balaban J connectivity index is 2.13. The molecular formula is C16H17BrN4O4. The van der Waals surface area contributed by atoms with Gasteiger partial charge in [0.05, 0.1) is 0 Å². The van der Waals surface area contributed by atoms with Crippen LogP contribution in [0.5, 0.6) is 0 Å². The number of carboxylic acids is 1. The third kappa shape index (κ3) is 3.12. The molecule has 0 fully saturated rings. The highest BCUT2D eigenvalue weighted by atomic mass is 79.9. The van der Waals surface area contributed by atoms with Crippen molar-refractivity contribution in [1.82, 2.24) is 14.5 Å². The molecule has 0 saturated heterocycles. The van der Waals surface area contributed by atoms with Gasteiger partial charge in [-0.1, -0.05) is 28.1 Å². The number of carboxylic acid groups (broad SMARTS) is 1. The molecule has 0 spiro atoms. The Morgan fingerprint density at radius 3 is 2.68 bits per heavy atom. The maximum atomic E-state index is 12.7. The largest absolute Gasteiger partial charge is 0.481 e. The van der Waals surface area contributed by atoms with Gasteiger partial charge in [-0.15, -0.1) is 0 Å². The molecule has 3 rings (SSSR count). The third-order valence-corrected chi connectivity index (χ3v) is 4.61. The Bertz CT molecular complexity index is 851. The summed E-state index contributed by atoms with van der Waals surface area (Å²) in [6.07, 6.45) is -1.46. The average Bonchev–Trinajstić information content (AvgIpc) is 2.89. The zero-order valence-electron chi connectivity index (χ0n) is 13.7. The van der Waals surface area contributed by atoms with E-state index in [1.165, 1.54) is 16.8 Å². The number of anilines is 1. The number of amides is 1. The lowest BCUT2D eigenvalue weighted by Crippen LogP contribution is -2.52. The van der Waals surface area contributed by atoms with Crippen molar-refractivity contribution >= 4 is 33.6 Å². The predicted molar refractivity (Wildman–Crippen MR) is 93.3 cm³/mol. The summed E-state index contributed by atoms with van der Waals surface area (Å²) in [4.78, 5) is 30.8. The summed E-state index contributed by atoms with van der Waals surface area (Å²) in [5.41, 5.74) is 1.16. The zero-order valence-corrected chi connectivity index (χ0v) is 15.3. The Morgan fingerprint density at radius 2 is 2.04 bits per heavy atom. The van der Waals surface area contributed by atoms with E-state index in [9.17, 15) is 19.8 Å². The molecular weight excluding hydrogens is 392 g/mol. The van der Waals surface area contributed by atoms with Gasteiger partial charge in [0.2, 0.25) is 6.35 Å². The Morgan fingerprint density at radius 1 is 1.32 bits per heavy atom. The minimum Gasteiger partial charge on any atom is -0.481 e. The summed E-state index contributed by atoms with van der Waals surface area (Å²) in [6.45, 7) is 0.300. The molecule has 1 unspecified atom stereocenters. The van der Waals surface area contributed by atoms with Gasteiger partial charge in [0.25, 0.3) is 5.91 Å². The number of carbonyl (C=O) groups excluding carboxylic acids is 1. The highest BCUT2D eigenvalue weighted by Crippen LogP contribution is 2.30. The van der Waals surface area contributed by atoms with E-state index >= 15 is 0 Å². The quantitative estimate of drug-likeness (QED) is 0.786. The molecule has 1 aromatic heterocycles. The first-order chi connectivity index (χ1) is 11.8. The van der Waals surface area contributed by atoms with Crippen LogP contribution in [-0.2, 0) is 17.8 Å². The van der Waals surface area contributed by atoms with Gasteiger partial charge in [0.15, 0.2) is 11.5 Å². The van der Waals surface area contributed by atoms with Crippen molar-refractivity contribution in [3.05, 3.63) is 45.8 Å². The summed E-state index contributed by atoms with van der Waals surface area (Å²) in [7, 11) is 3.09. The summed E-state index contributed by atoms with van der Waals surface area (Å²) >= 11 is 3.40. The predicted octanol–water partition coefficient (Wildman–Crippen LogP) is 1.12. The number of hydrogen-bond acceptors (Lipinski definition) is 5. The maximum absolute atomic E-state index is 12.7. The van der Waals surface area contributed by atoms with Crippen LogP contribution in [0.25, 0.3) is 0 Å². The molecule has 2 N–H and O–H groups in total. The summed E-state index contributed by atoms with van der Waals surface area (Å²) in [5, 5.41) is 19.3. The molecule has 1 amide bonds. The van der Waals surface area contributed by atoms with Crippen LogP contribution < -0.4 is 4.90 Å². The van der Waals surface area contributed by atoms with E-state index in [4.69, 9.17) is 0 Å². The first-order valence-corrected chi connectivity index (χ1v) is 8.32. The van der Waals surface area contributed by atoms with Gasteiger partial charge >= 0.3 is 5.97 Å². The monoisotopic (exact) mass is 408 g/mol. The topological polar surface area (TPSA) is 98.9 Å². The second-order valence-electron chi connectivity index (χ2n) is 5.86. The molecule has 2 heterocycles. The molecule has 132 valence electrons. The van der Waals surface area contributed by atoms with E-state index in [1.807, 2.05) is 24.3 Å². The molecule has 0 saturated carbocycles. The first kappa shape index (κ1) is 17.4. The van der Waals surface area contributed by atoms with Crippen molar-refractivity contribution in [2.75, 3.05) is 19.0 Å². The fourth-order valence-corrected chi connectivity index (χ4v) is 3.29. The molecule has 1 aromatic carbocycles. The summed E-state index contributed by atoms with van der Waals surface area (Å²) < 4.78 is 2.49. The van der Waals surface area contributed by atoms with Crippen LogP contribution in [0.1, 0.15) is 21.9 Å². The molecule has 1 aliphatic rings. The fraction of sp³-hybridized carbons (Fsp3) is 0.312. The third-order valence-electron chi connectivity index (χ3n) is 4.12. The Hall–Kier alpha value is -2.39. The van der Waals surface area contributed by atoms with Crippen molar-refractivity contribution in [1.29, 1.82) is 0 Å². The van der Waals surface area contributed by atoms with Gasteiger partial charge in [-0.25, -0.2) is 4.98 Å². The van der Waals surface area contributed by atoms with Crippen LogP contribution in [0.3, 0.4) is 0 Å². The molecule has 0 radical (unpaired) electrons. The van der Waals surface area contributed by atoms with E-state index in [1.54, 1.807) is 11.6 Å². The number of imidazole rings is 1. The normalized spacial score (nSPS) is 17.0. The van der Waals surface area contributed by atoms with Crippen LogP contribution in [0.15, 0.2) is 28.7 Å². The van der Waals surface area contributed by atoms with Crippen molar-refractivity contribution < 1.29 is 19.8 Å². The maximum Gasteiger partial charge on any atom is 0.311 e. The second-order valence-corrected chi connectivity index (χ2v) is 6.78. The number of benzene rings is 1. The van der Waals surface area contributed by atoms with Crippen LogP contribution in [0, 0.1) is 0 Å². The lowest BCUT2D eigenvalue weighted by Gasteiger charge is -2.36.